The molecule has 0 aromatic carbocycles. The van der Waals surface area contributed by atoms with Crippen LogP contribution in [0.2, 0.25) is 0 Å². The number of hydrogen-bond donors (Lipinski definition) is 0. The fourth-order valence-corrected chi connectivity index (χ4v) is 0. The first-order chi connectivity index (χ1) is 1.41. The van der Waals surface area contributed by atoms with Crippen LogP contribution in [0.5, 0.6) is 0 Å². The fraction of sp³-hybridized carbons (Fsp3) is 0. The van der Waals surface area contributed by atoms with E-state index in [-0.39, 0.29) is 21.1 Å². The fourth-order valence-electron chi connectivity index (χ4n) is 0. The molecule has 0 radical (unpaired) electrons. The van der Waals surface area contributed by atoms with Gasteiger partial charge in [-0.25, -0.2) is 0 Å². The molecule has 0 atom stereocenters. The summed E-state index contributed by atoms with van der Waals surface area (Å²) in [5, 5.41) is 0. The molecule has 0 spiro atoms. The van der Waals surface area contributed by atoms with Gasteiger partial charge >= 0.3 is 26.9 Å². The van der Waals surface area contributed by atoms with E-state index in [4.69, 9.17) is 0 Å². The van der Waals surface area contributed by atoms with Gasteiger partial charge in [0.05, 0.1) is 0 Å². The Bertz CT molecular complexity index is 79.2. The van der Waals surface area contributed by atoms with E-state index in [0.29, 0.717) is 0 Å². The molecule has 0 fully saturated rings. The van der Waals surface area contributed by atoms with Crippen molar-refractivity contribution in [2.75, 3.05) is 0 Å². The maximum atomic E-state index is 3.59. The van der Waals surface area contributed by atoms with Crippen LogP contribution in [-0.2, 0) is 33.3 Å². The molecule has 0 N–H and O–H groups in total. The van der Waals surface area contributed by atoms with Gasteiger partial charge in [-0.2, -0.15) is 0 Å². The zero-order valence-corrected chi connectivity index (χ0v) is 6.40. The van der Waals surface area contributed by atoms with Crippen molar-refractivity contribution in [1.82, 2.24) is 0 Å². The Kier molecular flexibility index (Phi) is 20.9. The van der Waals surface area contributed by atoms with Crippen molar-refractivity contribution < 1.29 is 33.3 Å². The van der Waals surface area contributed by atoms with Crippen LogP contribution in [0, 0.1) is 0 Å². The van der Waals surface area contributed by atoms with Gasteiger partial charge in [-0.1, -0.05) is 0 Å². The van der Waals surface area contributed by atoms with Crippen molar-refractivity contribution >= 4 is 14.7 Å². The topological polar surface area (TPSA) is 0 Å². The van der Waals surface area contributed by atoms with Gasteiger partial charge in [-0.05, 0) is 0 Å². The van der Waals surface area contributed by atoms with Gasteiger partial charge in [-0.15, -0.1) is 0 Å². The monoisotopic (exact) mass is 218 g/mol. The Hall–Kier alpha value is 2.04. The summed E-state index contributed by atoms with van der Waals surface area (Å²) in [5.41, 5.74) is 0. The van der Waals surface area contributed by atoms with Gasteiger partial charge in [0.15, 0.2) is 0 Å². The second-order valence-electron chi connectivity index (χ2n) is 0.0632. The Balaban J connectivity index is 0. The van der Waals surface area contributed by atoms with Crippen LogP contribution < -0.4 is 0 Å². The zero-order valence-electron chi connectivity index (χ0n) is 1.62. The molecule has 0 rings (SSSR count). The minimum absolute atomic E-state index is 0. The predicted octanol–water partition coefficient (Wildman–Crippen LogP) is 1.72. The molecule has 0 aliphatic carbocycles. The van der Waals surface area contributed by atoms with Crippen LogP contribution in [-0.4, -0.2) is 0 Å². The molecule has 0 unspecified atom stereocenters. The SMILES string of the molecule is [Mo].[P]#[Ni]#[P]. The van der Waals surface area contributed by atoms with E-state index >= 15 is 0 Å². The second kappa shape index (κ2) is 8.90. The first kappa shape index (κ1) is 9.40. The third-order valence-corrected chi connectivity index (χ3v) is 0. The van der Waals surface area contributed by atoms with Gasteiger partial charge in [0, 0.05) is 21.1 Å². The van der Waals surface area contributed by atoms with Gasteiger partial charge in [0.2, 0.25) is 0 Å². The number of hydrogen-bond acceptors (Lipinski definition) is 0. The molecule has 0 heterocycles. The summed E-state index contributed by atoms with van der Waals surface area (Å²) in [7, 11) is 7.18. The van der Waals surface area contributed by atoms with Crippen molar-refractivity contribution in [3.05, 3.63) is 0 Å². The normalized spacial score (nSPS) is 3.50. The van der Waals surface area contributed by atoms with Crippen molar-refractivity contribution in [2.24, 2.45) is 0 Å². The molecule has 0 aliphatic rings. The van der Waals surface area contributed by atoms with Crippen molar-refractivity contribution in [3.8, 4) is 0 Å². The maximum absolute atomic E-state index is 3.59. The van der Waals surface area contributed by atoms with E-state index in [1.807, 2.05) is 0 Å². The Morgan fingerprint density at radius 1 is 1.25 bits per heavy atom. The standard InChI is InChI=1S/Mo.Ni.2P. The summed E-state index contributed by atoms with van der Waals surface area (Å²) in [5.74, 6) is 0. The first-order valence-corrected chi connectivity index (χ1v) is 3.50. The molecular weight excluding hydrogens is 217 g/mol. The van der Waals surface area contributed by atoms with Crippen LogP contribution in [0.25, 0.3) is 0 Å². The molecule has 0 bridgehead atoms. The third kappa shape index (κ3) is 8.97. The van der Waals surface area contributed by atoms with E-state index < -0.39 is 0 Å². The molecule has 4 heteroatoms. The van der Waals surface area contributed by atoms with Gasteiger partial charge in [0.1, 0.15) is 0 Å². The van der Waals surface area contributed by atoms with Gasteiger partial charge in [-0.3, -0.25) is 0 Å². The number of rotatable bonds is 0. The molecule has 0 aromatic rings. The Morgan fingerprint density at radius 2 is 1.25 bits per heavy atom. The van der Waals surface area contributed by atoms with E-state index in [9.17, 15) is 0 Å². The predicted molar refractivity (Wildman–Crippen MR) is 13.8 cm³/mol. The molecule has 26 valence electrons. The summed E-state index contributed by atoms with van der Waals surface area (Å²) < 4.78 is 0. The average Bonchev–Trinajstić information content (AvgIpc) is 0.918. The molecule has 0 nitrogen and oxygen atoms in total. The van der Waals surface area contributed by atoms with Crippen LogP contribution >= 0.6 is 14.7 Å². The molecule has 0 aliphatic heterocycles. The van der Waals surface area contributed by atoms with Gasteiger partial charge in [0.25, 0.3) is 0 Å². The van der Waals surface area contributed by atoms with Crippen LogP contribution in [0.4, 0.5) is 0 Å². The second-order valence-corrected chi connectivity index (χ2v) is 2.35. The molecule has 0 aromatic heterocycles. The van der Waals surface area contributed by atoms with Crippen LogP contribution in [0.3, 0.4) is 0 Å². The molecule has 0 saturated carbocycles. The molecule has 0 amide bonds. The van der Waals surface area contributed by atoms with Crippen molar-refractivity contribution in [2.45, 2.75) is 0 Å². The van der Waals surface area contributed by atoms with Crippen molar-refractivity contribution in [3.63, 3.8) is 0 Å². The van der Waals surface area contributed by atoms with E-state index in [1.54, 1.807) is 0 Å². The Morgan fingerprint density at radius 3 is 1.25 bits per heavy atom. The summed E-state index contributed by atoms with van der Waals surface area (Å²) in [6.07, 6.45) is 0. The van der Waals surface area contributed by atoms with Crippen LogP contribution in [0.1, 0.15) is 0 Å². The van der Waals surface area contributed by atoms with E-state index in [1.165, 1.54) is 0 Å². The summed E-state index contributed by atoms with van der Waals surface area (Å²) in [6.45, 7) is 0. The Labute approximate surface area is 48.0 Å². The van der Waals surface area contributed by atoms with Gasteiger partial charge < -0.3 is 0 Å². The van der Waals surface area contributed by atoms with Crippen LogP contribution in [0.15, 0.2) is 0 Å². The molecule has 0 saturated heterocycles. The average molecular weight is 217 g/mol. The summed E-state index contributed by atoms with van der Waals surface area (Å²) >= 11 is 1.01. The molecular formula is MoNiP2. The van der Waals surface area contributed by atoms with E-state index in [2.05, 4.69) is 14.7 Å². The quantitative estimate of drug-likeness (QED) is 0.427. The third-order valence-electron chi connectivity index (χ3n) is 0. The molecule has 4 heavy (non-hydrogen) atoms. The summed E-state index contributed by atoms with van der Waals surface area (Å²) in [4.78, 5) is 0. The summed E-state index contributed by atoms with van der Waals surface area (Å²) in [6, 6.07) is 0. The minimum atomic E-state index is 0. The first-order valence-electron chi connectivity index (χ1n) is 0.283. The van der Waals surface area contributed by atoms with Crippen molar-refractivity contribution in [1.29, 1.82) is 0 Å². The zero-order chi connectivity index (χ0) is 2.71. The van der Waals surface area contributed by atoms with E-state index in [0.717, 1.165) is 12.2 Å².